The van der Waals surface area contributed by atoms with Gasteiger partial charge in [-0.25, -0.2) is 14.3 Å². The molecular formula is C17H18N4O2. The molecule has 0 aliphatic rings. The van der Waals surface area contributed by atoms with Crippen LogP contribution in [0.3, 0.4) is 0 Å². The summed E-state index contributed by atoms with van der Waals surface area (Å²) in [4.78, 5) is 21.0. The molecule has 0 bridgehead atoms. The zero-order valence-electron chi connectivity index (χ0n) is 13.3. The van der Waals surface area contributed by atoms with Crippen LogP contribution in [0.15, 0.2) is 42.7 Å². The fraction of sp³-hybridized carbons (Fsp3) is 0.235. The summed E-state index contributed by atoms with van der Waals surface area (Å²) >= 11 is 0. The van der Waals surface area contributed by atoms with Crippen molar-refractivity contribution < 1.29 is 9.53 Å². The number of aromatic nitrogens is 3. The van der Waals surface area contributed by atoms with Gasteiger partial charge in [-0.2, -0.15) is 0 Å². The molecule has 23 heavy (non-hydrogen) atoms. The Morgan fingerprint density at radius 3 is 2.65 bits per heavy atom. The molecule has 0 unspecified atom stereocenters. The molecule has 2 N–H and O–H groups in total. The number of anilines is 1. The lowest BCUT2D eigenvalue weighted by molar-refractivity contribution is 0.0547. The van der Waals surface area contributed by atoms with Gasteiger partial charge in [0.25, 0.3) is 0 Å². The number of fused-ring (bicyclic) bond motifs is 1. The molecule has 0 saturated heterocycles. The van der Waals surface area contributed by atoms with Crippen LogP contribution in [0.2, 0.25) is 0 Å². The van der Waals surface area contributed by atoms with E-state index in [1.807, 2.05) is 51.1 Å². The zero-order valence-corrected chi connectivity index (χ0v) is 13.3. The van der Waals surface area contributed by atoms with Crippen molar-refractivity contribution in [2.24, 2.45) is 0 Å². The number of nitrogens with two attached hydrogens (primary N) is 1. The van der Waals surface area contributed by atoms with Crippen molar-refractivity contribution >= 4 is 22.8 Å². The average Bonchev–Trinajstić information content (AvgIpc) is 2.85. The van der Waals surface area contributed by atoms with Crippen LogP contribution in [0.5, 0.6) is 0 Å². The number of benzene rings is 1. The van der Waals surface area contributed by atoms with Crippen LogP contribution >= 0.6 is 0 Å². The standard InChI is InChI=1S/C17H18N4O2/c1-17(2,3)23-16(22)21-13-7-5-4-6-11(13)8-14(21)12-9-19-10-15(18)20-12/h4-10H,1-3H3,(H2,18,20). The first kappa shape index (κ1) is 15.0. The molecule has 2 heterocycles. The first-order chi connectivity index (χ1) is 10.8. The molecule has 3 rings (SSSR count). The smallest absolute Gasteiger partial charge is 0.419 e. The molecule has 1 aromatic carbocycles. The number of ether oxygens (including phenoxy) is 1. The zero-order chi connectivity index (χ0) is 16.6. The van der Waals surface area contributed by atoms with E-state index in [0.29, 0.717) is 17.2 Å². The van der Waals surface area contributed by atoms with Gasteiger partial charge >= 0.3 is 6.09 Å². The molecule has 6 heteroatoms. The van der Waals surface area contributed by atoms with Crippen molar-refractivity contribution in [1.29, 1.82) is 0 Å². The Balaban J connectivity index is 2.21. The number of nitrogens with zero attached hydrogens (tertiary/aromatic N) is 3. The Morgan fingerprint density at radius 1 is 1.22 bits per heavy atom. The number of hydrogen-bond acceptors (Lipinski definition) is 5. The second kappa shape index (κ2) is 5.39. The Hall–Kier alpha value is -2.89. The molecule has 3 aromatic rings. The maximum atomic E-state index is 12.7. The lowest BCUT2D eigenvalue weighted by atomic mass is 10.2. The summed E-state index contributed by atoms with van der Waals surface area (Å²) < 4.78 is 7.03. The van der Waals surface area contributed by atoms with Gasteiger partial charge in [-0.05, 0) is 32.9 Å². The van der Waals surface area contributed by atoms with Crippen molar-refractivity contribution in [3.05, 3.63) is 42.7 Å². The van der Waals surface area contributed by atoms with Gasteiger partial charge in [0.05, 0.1) is 23.6 Å². The van der Waals surface area contributed by atoms with Crippen molar-refractivity contribution in [2.45, 2.75) is 26.4 Å². The van der Waals surface area contributed by atoms with Gasteiger partial charge in [-0.15, -0.1) is 0 Å². The molecule has 2 aromatic heterocycles. The number of carbonyl (C=O) groups excluding carboxylic acids is 1. The first-order valence-electron chi connectivity index (χ1n) is 7.27. The quantitative estimate of drug-likeness (QED) is 0.744. The third-order valence-electron chi connectivity index (χ3n) is 3.20. The Bertz CT molecular complexity index is 878. The summed E-state index contributed by atoms with van der Waals surface area (Å²) in [7, 11) is 0. The second-order valence-corrected chi connectivity index (χ2v) is 6.23. The average molecular weight is 310 g/mol. The number of hydrogen-bond donors (Lipinski definition) is 1. The molecule has 0 atom stereocenters. The molecule has 0 aliphatic carbocycles. The van der Waals surface area contributed by atoms with Crippen molar-refractivity contribution in [3.8, 4) is 11.4 Å². The van der Waals surface area contributed by atoms with Gasteiger partial charge in [0.2, 0.25) is 0 Å². The maximum absolute atomic E-state index is 12.7. The monoisotopic (exact) mass is 310 g/mol. The largest absolute Gasteiger partial charge is 0.443 e. The third kappa shape index (κ3) is 3.01. The minimum absolute atomic E-state index is 0.295. The molecule has 0 aliphatic heterocycles. The van der Waals surface area contributed by atoms with E-state index in [1.165, 1.54) is 10.8 Å². The highest BCUT2D eigenvalue weighted by Crippen LogP contribution is 2.28. The Labute approximate surface area is 133 Å². The lowest BCUT2D eigenvalue weighted by Gasteiger charge is -2.20. The van der Waals surface area contributed by atoms with E-state index in [4.69, 9.17) is 10.5 Å². The van der Waals surface area contributed by atoms with Gasteiger partial charge in [0.1, 0.15) is 17.1 Å². The van der Waals surface area contributed by atoms with Crippen LogP contribution in [0, 0.1) is 0 Å². The van der Waals surface area contributed by atoms with Gasteiger partial charge in [-0.1, -0.05) is 18.2 Å². The number of nitrogen functional groups attached to an aromatic ring is 1. The molecular weight excluding hydrogens is 292 g/mol. The van der Waals surface area contributed by atoms with Crippen molar-refractivity contribution in [1.82, 2.24) is 14.5 Å². The van der Waals surface area contributed by atoms with Gasteiger partial charge in [0.15, 0.2) is 0 Å². The lowest BCUT2D eigenvalue weighted by Crippen LogP contribution is -2.27. The van der Waals surface area contributed by atoms with E-state index in [0.717, 1.165) is 10.9 Å². The third-order valence-corrected chi connectivity index (χ3v) is 3.20. The van der Waals surface area contributed by atoms with Gasteiger partial charge in [-0.3, -0.25) is 4.98 Å². The molecule has 0 saturated carbocycles. The SMILES string of the molecule is CC(C)(C)OC(=O)n1c(-c2cncc(N)n2)cc2ccccc21. The minimum Gasteiger partial charge on any atom is -0.443 e. The Morgan fingerprint density at radius 2 is 1.96 bits per heavy atom. The highest BCUT2D eigenvalue weighted by atomic mass is 16.6. The number of carbonyl (C=O) groups is 1. The van der Waals surface area contributed by atoms with Crippen molar-refractivity contribution in [3.63, 3.8) is 0 Å². The van der Waals surface area contributed by atoms with E-state index in [2.05, 4.69) is 9.97 Å². The highest BCUT2D eigenvalue weighted by molar-refractivity contribution is 5.95. The highest BCUT2D eigenvalue weighted by Gasteiger charge is 2.23. The fourth-order valence-corrected chi connectivity index (χ4v) is 2.35. The summed E-state index contributed by atoms with van der Waals surface area (Å²) in [6.07, 6.45) is 2.58. The van der Waals surface area contributed by atoms with E-state index >= 15 is 0 Å². The van der Waals surface area contributed by atoms with Crippen LogP contribution < -0.4 is 5.73 Å². The van der Waals surface area contributed by atoms with Crippen LogP contribution in [-0.4, -0.2) is 26.2 Å². The van der Waals surface area contributed by atoms with Crippen LogP contribution in [0.1, 0.15) is 20.8 Å². The normalized spacial score (nSPS) is 11.6. The van der Waals surface area contributed by atoms with Gasteiger partial charge < -0.3 is 10.5 Å². The maximum Gasteiger partial charge on any atom is 0.419 e. The Kier molecular flexibility index (Phi) is 3.52. The topological polar surface area (TPSA) is 83.0 Å². The molecule has 118 valence electrons. The van der Waals surface area contributed by atoms with E-state index in [9.17, 15) is 4.79 Å². The second-order valence-electron chi connectivity index (χ2n) is 6.23. The predicted octanol–water partition coefficient (Wildman–Crippen LogP) is 3.46. The molecule has 0 amide bonds. The minimum atomic E-state index is -0.596. The van der Waals surface area contributed by atoms with Crippen LogP contribution in [-0.2, 0) is 4.74 Å². The first-order valence-corrected chi connectivity index (χ1v) is 7.27. The molecule has 0 spiro atoms. The summed E-state index contributed by atoms with van der Waals surface area (Å²) in [6.45, 7) is 5.49. The predicted molar refractivity (Wildman–Crippen MR) is 89.0 cm³/mol. The van der Waals surface area contributed by atoms with Gasteiger partial charge in [0, 0.05) is 5.39 Å². The fourth-order valence-electron chi connectivity index (χ4n) is 2.35. The molecule has 0 radical (unpaired) electrons. The van der Waals surface area contributed by atoms with Crippen LogP contribution in [0.4, 0.5) is 10.6 Å². The van der Waals surface area contributed by atoms with Crippen LogP contribution in [0.25, 0.3) is 22.3 Å². The molecule has 0 fully saturated rings. The molecule has 6 nitrogen and oxygen atoms in total. The number of para-hydroxylation sites is 1. The van der Waals surface area contributed by atoms with Crippen molar-refractivity contribution in [2.75, 3.05) is 5.73 Å². The summed E-state index contributed by atoms with van der Waals surface area (Å²) in [6, 6.07) is 9.46. The van der Waals surface area contributed by atoms with E-state index in [-0.39, 0.29) is 0 Å². The summed E-state index contributed by atoms with van der Waals surface area (Å²) in [5, 5.41) is 0.914. The summed E-state index contributed by atoms with van der Waals surface area (Å²) in [5.74, 6) is 0.295. The number of rotatable bonds is 1. The summed E-state index contributed by atoms with van der Waals surface area (Å²) in [5.41, 5.74) is 6.99. The van der Waals surface area contributed by atoms with E-state index in [1.54, 1.807) is 6.20 Å². The van der Waals surface area contributed by atoms with E-state index < -0.39 is 11.7 Å².